The lowest BCUT2D eigenvalue weighted by Gasteiger charge is -2.15. The molecule has 0 aliphatic carbocycles. The predicted molar refractivity (Wildman–Crippen MR) is 75.4 cm³/mol. The first-order valence-electron chi connectivity index (χ1n) is 6.96. The van der Waals surface area contributed by atoms with Gasteiger partial charge in [-0.25, -0.2) is 0 Å². The molecule has 1 rings (SSSR count). The van der Waals surface area contributed by atoms with Crippen LogP contribution in [0.2, 0.25) is 0 Å². The molecule has 4 nitrogen and oxygen atoms in total. The van der Waals surface area contributed by atoms with Gasteiger partial charge in [0, 0.05) is 18.5 Å². The summed E-state index contributed by atoms with van der Waals surface area (Å²) in [6.07, 6.45) is 2.22. The number of ether oxygens (including phenoxy) is 2. The van der Waals surface area contributed by atoms with Gasteiger partial charge in [-0.3, -0.25) is 0 Å². The van der Waals surface area contributed by atoms with Gasteiger partial charge in [0.2, 0.25) is 0 Å². The average molecular weight is 298 g/mol. The molecule has 6 heteroatoms. The maximum atomic E-state index is 12.5. The van der Waals surface area contributed by atoms with Crippen LogP contribution in [-0.2, 0) is 6.54 Å². The summed E-state index contributed by atoms with van der Waals surface area (Å²) in [4.78, 5) is 0. The number of nitriles is 1. The minimum Gasteiger partial charge on any atom is -0.490 e. The van der Waals surface area contributed by atoms with Crippen LogP contribution in [0.25, 0.3) is 0 Å². The Morgan fingerprint density at radius 2 is 2.14 bits per heavy atom. The van der Waals surface area contributed by atoms with E-state index >= 15 is 0 Å². The summed E-state index contributed by atoms with van der Waals surface area (Å²) in [5, 5.41) is 11.6. The number of nitrogens with zero attached hydrogens (tertiary/aromatic N) is 1. The van der Waals surface area contributed by atoms with E-state index < -0.39 is 6.61 Å². The average Bonchev–Trinajstić information content (AvgIpc) is 2.45. The first-order valence-corrected chi connectivity index (χ1v) is 6.96. The maximum Gasteiger partial charge on any atom is 0.387 e. The molecule has 0 aliphatic heterocycles. The predicted octanol–water partition coefficient (Wildman–Crippen LogP) is 3.47. The molecule has 0 saturated heterocycles. The van der Waals surface area contributed by atoms with Crippen LogP contribution < -0.4 is 14.8 Å². The van der Waals surface area contributed by atoms with E-state index in [1.54, 1.807) is 25.1 Å². The third-order valence-corrected chi connectivity index (χ3v) is 2.77. The molecule has 0 spiro atoms. The van der Waals surface area contributed by atoms with Crippen molar-refractivity contribution in [1.29, 1.82) is 5.26 Å². The van der Waals surface area contributed by atoms with E-state index in [9.17, 15) is 8.78 Å². The molecular weight excluding hydrogens is 278 g/mol. The number of alkyl halides is 2. The van der Waals surface area contributed by atoms with Crippen LogP contribution in [0.1, 0.15) is 31.7 Å². The number of benzene rings is 1. The Morgan fingerprint density at radius 3 is 2.81 bits per heavy atom. The van der Waals surface area contributed by atoms with Crippen molar-refractivity contribution in [3.63, 3.8) is 0 Å². The minimum atomic E-state index is -2.89. The molecule has 0 bridgehead atoms. The van der Waals surface area contributed by atoms with Crippen molar-refractivity contribution < 1.29 is 18.3 Å². The van der Waals surface area contributed by atoms with E-state index in [4.69, 9.17) is 10.00 Å². The van der Waals surface area contributed by atoms with E-state index in [1.165, 1.54) is 0 Å². The van der Waals surface area contributed by atoms with Gasteiger partial charge in [-0.1, -0.05) is 12.1 Å². The van der Waals surface area contributed by atoms with Crippen LogP contribution in [0, 0.1) is 11.3 Å². The Morgan fingerprint density at radius 1 is 1.33 bits per heavy atom. The van der Waals surface area contributed by atoms with Gasteiger partial charge < -0.3 is 14.8 Å². The molecule has 0 atom stereocenters. The zero-order valence-corrected chi connectivity index (χ0v) is 12.1. The van der Waals surface area contributed by atoms with Gasteiger partial charge in [-0.05, 0) is 32.4 Å². The Hall–Kier alpha value is -1.87. The van der Waals surface area contributed by atoms with E-state index in [2.05, 4.69) is 16.1 Å². The Kier molecular flexibility index (Phi) is 8.14. The lowest BCUT2D eigenvalue weighted by Crippen LogP contribution is -2.16. The molecule has 0 unspecified atom stereocenters. The third-order valence-electron chi connectivity index (χ3n) is 2.77. The van der Waals surface area contributed by atoms with Crippen molar-refractivity contribution in [2.75, 3.05) is 13.2 Å². The van der Waals surface area contributed by atoms with Crippen molar-refractivity contribution in [2.45, 2.75) is 39.3 Å². The standard InChI is InChI=1S/C15H20F2N2O2/c1-2-20-13-8-6-7-12(14(13)21-15(16)17)11-19-10-5-3-4-9-18/h6-8,15,19H,2-5,10-11H2,1H3. The molecule has 0 heterocycles. The number of hydrogen-bond acceptors (Lipinski definition) is 4. The number of nitrogens with one attached hydrogen (secondary N) is 1. The first-order chi connectivity index (χ1) is 10.2. The highest BCUT2D eigenvalue weighted by molar-refractivity contribution is 5.46. The summed E-state index contributed by atoms with van der Waals surface area (Å²) >= 11 is 0. The molecule has 0 radical (unpaired) electrons. The Balaban J connectivity index is 2.62. The molecule has 21 heavy (non-hydrogen) atoms. The van der Waals surface area contributed by atoms with Crippen molar-refractivity contribution in [1.82, 2.24) is 5.32 Å². The maximum absolute atomic E-state index is 12.5. The zero-order chi connectivity index (χ0) is 15.5. The monoisotopic (exact) mass is 298 g/mol. The van der Waals surface area contributed by atoms with Crippen molar-refractivity contribution in [3.05, 3.63) is 23.8 Å². The molecule has 1 aromatic carbocycles. The van der Waals surface area contributed by atoms with Crippen molar-refractivity contribution in [2.24, 2.45) is 0 Å². The molecule has 1 aromatic rings. The topological polar surface area (TPSA) is 54.3 Å². The van der Waals surface area contributed by atoms with Gasteiger partial charge in [-0.15, -0.1) is 0 Å². The number of hydrogen-bond donors (Lipinski definition) is 1. The zero-order valence-electron chi connectivity index (χ0n) is 12.1. The number of para-hydroxylation sites is 1. The summed E-state index contributed by atoms with van der Waals surface area (Å²) in [5.41, 5.74) is 0.626. The molecule has 0 aromatic heterocycles. The Labute approximate surface area is 123 Å². The second-order valence-electron chi connectivity index (χ2n) is 4.35. The lowest BCUT2D eigenvalue weighted by atomic mass is 10.1. The second kappa shape index (κ2) is 9.94. The van der Waals surface area contributed by atoms with Gasteiger partial charge in [0.1, 0.15) is 0 Å². The minimum absolute atomic E-state index is 0.0823. The van der Waals surface area contributed by atoms with Crippen LogP contribution in [0.5, 0.6) is 11.5 Å². The summed E-state index contributed by atoms with van der Waals surface area (Å²) in [6.45, 7) is 0.405. The molecule has 1 N–H and O–H groups in total. The van der Waals surface area contributed by atoms with Gasteiger partial charge in [0.25, 0.3) is 0 Å². The van der Waals surface area contributed by atoms with Crippen LogP contribution in [0.3, 0.4) is 0 Å². The van der Waals surface area contributed by atoms with Crippen LogP contribution in [0.15, 0.2) is 18.2 Å². The van der Waals surface area contributed by atoms with Gasteiger partial charge in [0.15, 0.2) is 11.5 Å². The van der Waals surface area contributed by atoms with E-state index in [0.717, 1.165) is 12.8 Å². The molecular formula is C15H20F2N2O2. The highest BCUT2D eigenvalue weighted by atomic mass is 19.3. The highest BCUT2D eigenvalue weighted by Crippen LogP contribution is 2.32. The number of unbranched alkanes of at least 4 members (excludes halogenated alkanes) is 2. The first kappa shape index (κ1) is 17.2. The fourth-order valence-electron chi connectivity index (χ4n) is 1.87. The molecule has 116 valence electrons. The van der Waals surface area contributed by atoms with Crippen LogP contribution in [-0.4, -0.2) is 19.8 Å². The number of rotatable bonds is 10. The lowest BCUT2D eigenvalue weighted by molar-refractivity contribution is -0.0521. The largest absolute Gasteiger partial charge is 0.490 e. The van der Waals surface area contributed by atoms with Crippen molar-refractivity contribution in [3.8, 4) is 17.6 Å². The SMILES string of the molecule is CCOc1cccc(CNCCCCC#N)c1OC(F)F. The molecule has 0 fully saturated rings. The molecule has 0 amide bonds. The summed E-state index contributed by atoms with van der Waals surface area (Å²) < 4.78 is 34.9. The van der Waals surface area contributed by atoms with Gasteiger partial charge in [0.05, 0.1) is 12.7 Å². The van der Waals surface area contributed by atoms with E-state index in [0.29, 0.717) is 37.4 Å². The van der Waals surface area contributed by atoms with Gasteiger partial charge in [-0.2, -0.15) is 14.0 Å². The van der Waals surface area contributed by atoms with E-state index in [1.807, 2.05) is 0 Å². The second-order valence-corrected chi connectivity index (χ2v) is 4.35. The smallest absolute Gasteiger partial charge is 0.387 e. The number of halogens is 2. The van der Waals surface area contributed by atoms with E-state index in [-0.39, 0.29) is 5.75 Å². The third kappa shape index (κ3) is 6.41. The fraction of sp³-hybridized carbons (Fsp3) is 0.533. The fourth-order valence-corrected chi connectivity index (χ4v) is 1.87. The quantitative estimate of drug-likeness (QED) is 0.672. The summed E-state index contributed by atoms with van der Waals surface area (Å²) in [6, 6.07) is 7.16. The molecule has 0 aliphatic rings. The normalized spacial score (nSPS) is 10.4. The van der Waals surface area contributed by atoms with Crippen LogP contribution in [0.4, 0.5) is 8.78 Å². The van der Waals surface area contributed by atoms with Gasteiger partial charge >= 0.3 is 6.61 Å². The summed E-state index contributed by atoms with van der Waals surface area (Å²) in [7, 11) is 0. The Bertz CT molecular complexity index is 461. The van der Waals surface area contributed by atoms with Crippen molar-refractivity contribution >= 4 is 0 Å². The highest BCUT2D eigenvalue weighted by Gasteiger charge is 2.15. The summed E-state index contributed by atoms with van der Waals surface area (Å²) in [5.74, 6) is 0.403. The van der Waals surface area contributed by atoms with Crippen LogP contribution >= 0.6 is 0 Å². The molecule has 0 saturated carbocycles.